The average Bonchev–Trinajstić information content (AvgIpc) is 3.25. The van der Waals surface area contributed by atoms with Crippen LogP contribution in [0.4, 0.5) is 0 Å². The standard InChI is InChI=1S/C28H35N3O3/c1-22(2)19-31(21-27(32)30(17-18-34-4)20-26-11-8-16-29(26)3)28(33)25-14-12-24(13-15-25)23-9-6-5-7-10-23/h5-16,22H,17-21H2,1-4H3. The van der Waals surface area contributed by atoms with Crippen LogP contribution in [0.5, 0.6) is 0 Å². The maximum Gasteiger partial charge on any atom is 0.254 e. The summed E-state index contributed by atoms with van der Waals surface area (Å²) in [4.78, 5) is 30.1. The zero-order valence-corrected chi connectivity index (χ0v) is 20.6. The van der Waals surface area contributed by atoms with Gasteiger partial charge in [0.1, 0.15) is 6.54 Å². The van der Waals surface area contributed by atoms with Crippen molar-refractivity contribution in [1.29, 1.82) is 0 Å². The number of methoxy groups -OCH3 is 1. The van der Waals surface area contributed by atoms with Gasteiger partial charge in [-0.15, -0.1) is 0 Å². The maximum atomic E-state index is 13.4. The normalized spacial score (nSPS) is 11.0. The molecule has 3 rings (SSSR count). The third-order valence-electron chi connectivity index (χ3n) is 5.76. The monoisotopic (exact) mass is 461 g/mol. The number of hydrogen-bond acceptors (Lipinski definition) is 3. The largest absolute Gasteiger partial charge is 0.383 e. The fourth-order valence-electron chi connectivity index (χ4n) is 3.89. The molecule has 0 unspecified atom stereocenters. The van der Waals surface area contributed by atoms with Crippen LogP contribution in [0.15, 0.2) is 72.9 Å². The first-order valence-electron chi connectivity index (χ1n) is 11.7. The van der Waals surface area contributed by atoms with Gasteiger partial charge in [0.05, 0.1) is 13.2 Å². The predicted octanol–water partition coefficient (Wildman–Crippen LogP) is 4.47. The van der Waals surface area contributed by atoms with Crippen LogP contribution >= 0.6 is 0 Å². The first kappa shape index (κ1) is 25.2. The van der Waals surface area contributed by atoms with Gasteiger partial charge in [0.15, 0.2) is 0 Å². The van der Waals surface area contributed by atoms with Crippen LogP contribution in [-0.2, 0) is 23.1 Å². The Balaban J connectivity index is 1.76. The molecule has 0 N–H and O–H groups in total. The fraction of sp³-hybridized carbons (Fsp3) is 0.357. The van der Waals surface area contributed by atoms with Gasteiger partial charge >= 0.3 is 0 Å². The summed E-state index contributed by atoms with van der Waals surface area (Å²) in [6.07, 6.45) is 1.96. The molecular formula is C28H35N3O3. The Morgan fingerprint density at radius 2 is 1.59 bits per heavy atom. The van der Waals surface area contributed by atoms with Crippen LogP contribution in [0, 0.1) is 5.92 Å². The van der Waals surface area contributed by atoms with Crippen molar-refractivity contribution in [3.05, 3.63) is 84.2 Å². The highest BCUT2D eigenvalue weighted by molar-refractivity contribution is 5.97. The molecule has 34 heavy (non-hydrogen) atoms. The summed E-state index contributed by atoms with van der Waals surface area (Å²) in [7, 11) is 3.58. The smallest absolute Gasteiger partial charge is 0.254 e. The summed E-state index contributed by atoms with van der Waals surface area (Å²) in [6, 6.07) is 21.6. The number of carbonyl (C=O) groups excluding carboxylic acids is 2. The fourth-order valence-corrected chi connectivity index (χ4v) is 3.89. The van der Waals surface area contributed by atoms with E-state index in [-0.39, 0.29) is 24.3 Å². The van der Waals surface area contributed by atoms with Gasteiger partial charge in [-0.25, -0.2) is 0 Å². The molecule has 1 heterocycles. The van der Waals surface area contributed by atoms with Crippen LogP contribution in [0.2, 0.25) is 0 Å². The molecule has 0 aliphatic carbocycles. The summed E-state index contributed by atoms with van der Waals surface area (Å²) in [5.74, 6) is 0.0148. The molecule has 0 radical (unpaired) electrons. The van der Waals surface area contributed by atoms with Gasteiger partial charge in [-0.05, 0) is 41.3 Å². The highest BCUT2D eigenvalue weighted by Crippen LogP contribution is 2.20. The number of aromatic nitrogens is 1. The quantitative estimate of drug-likeness (QED) is 0.424. The number of nitrogens with zero attached hydrogens (tertiary/aromatic N) is 3. The number of ether oxygens (including phenoxy) is 1. The van der Waals surface area contributed by atoms with Gasteiger partial charge in [-0.2, -0.15) is 0 Å². The Bertz CT molecular complexity index is 1060. The van der Waals surface area contributed by atoms with Crippen molar-refractivity contribution < 1.29 is 14.3 Å². The molecule has 3 aromatic rings. The van der Waals surface area contributed by atoms with Gasteiger partial charge in [0.2, 0.25) is 5.91 Å². The van der Waals surface area contributed by atoms with Crippen LogP contribution in [-0.4, -0.2) is 59.5 Å². The molecule has 0 spiro atoms. The number of hydrogen-bond donors (Lipinski definition) is 0. The van der Waals surface area contributed by atoms with E-state index in [9.17, 15) is 9.59 Å². The molecule has 180 valence electrons. The van der Waals surface area contributed by atoms with Crippen molar-refractivity contribution in [2.45, 2.75) is 20.4 Å². The Labute approximate surface area is 202 Å². The van der Waals surface area contributed by atoms with Gasteiger partial charge in [-0.3, -0.25) is 9.59 Å². The van der Waals surface area contributed by atoms with Crippen molar-refractivity contribution in [1.82, 2.24) is 14.4 Å². The number of aryl methyl sites for hydroxylation is 1. The topological polar surface area (TPSA) is 54.8 Å². The number of amides is 2. The predicted molar refractivity (Wildman–Crippen MR) is 135 cm³/mol. The lowest BCUT2D eigenvalue weighted by Gasteiger charge is -2.29. The minimum absolute atomic E-state index is 0.0333. The average molecular weight is 462 g/mol. The summed E-state index contributed by atoms with van der Waals surface area (Å²) in [6.45, 7) is 6.02. The molecule has 0 saturated carbocycles. The second kappa shape index (κ2) is 12.2. The molecule has 0 aliphatic heterocycles. The molecular weight excluding hydrogens is 426 g/mol. The summed E-state index contributed by atoms with van der Waals surface area (Å²) >= 11 is 0. The van der Waals surface area contributed by atoms with E-state index in [0.29, 0.717) is 31.8 Å². The third-order valence-corrected chi connectivity index (χ3v) is 5.76. The SMILES string of the molecule is COCCN(Cc1cccn1C)C(=O)CN(CC(C)C)C(=O)c1ccc(-c2ccccc2)cc1. The van der Waals surface area contributed by atoms with Crippen molar-refractivity contribution in [3.63, 3.8) is 0 Å². The molecule has 2 amide bonds. The molecule has 2 aromatic carbocycles. The highest BCUT2D eigenvalue weighted by atomic mass is 16.5. The van der Waals surface area contributed by atoms with Crippen LogP contribution in [0.1, 0.15) is 29.9 Å². The second-order valence-electron chi connectivity index (χ2n) is 8.94. The van der Waals surface area contributed by atoms with E-state index in [4.69, 9.17) is 4.74 Å². The lowest BCUT2D eigenvalue weighted by atomic mass is 10.0. The van der Waals surface area contributed by atoms with Gasteiger partial charge in [-0.1, -0.05) is 56.3 Å². The zero-order valence-electron chi connectivity index (χ0n) is 20.6. The lowest BCUT2D eigenvalue weighted by molar-refractivity contribution is -0.133. The van der Waals surface area contributed by atoms with Crippen LogP contribution in [0.25, 0.3) is 11.1 Å². The first-order chi connectivity index (χ1) is 16.4. The third kappa shape index (κ3) is 6.81. The van der Waals surface area contributed by atoms with E-state index in [1.807, 2.05) is 84.5 Å². The first-order valence-corrected chi connectivity index (χ1v) is 11.7. The van der Waals surface area contributed by atoms with E-state index in [1.165, 1.54) is 0 Å². The minimum atomic E-state index is -0.132. The van der Waals surface area contributed by atoms with E-state index in [1.54, 1.807) is 16.9 Å². The maximum absolute atomic E-state index is 13.4. The molecule has 0 aliphatic rings. The van der Waals surface area contributed by atoms with Crippen LogP contribution in [0.3, 0.4) is 0 Å². The molecule has 0 atom stereocenters. The van der Waals surface area contributed by atoms with Gasteiger partial charge in [0, 0.05) is 44.7 Å². The molecule has 0 saturated heterocycles. The Morgan fingerprint density at radius 3 is 2.18 bits per heavy atom. The highest BCUT2D eigenvalue weighted by Gasteiger charge is 2.23. The van der Waals surface area contributed by atoms with Crippen molar-refractivity contribution in [3.8, 4) is 11.1 Å². The number of carbonyl (C=O) groups is 2. The lowest BCUT2D eigenvalue weighted by Crippen LogP contribution is -2.45. The van der Waals surface area contributed by atoms with E-state index >= 15 is 0 Å². The Morgan fingerprint density at radius 1 is 0.912 bits per heavy atom. The van der Waals surface area contributed by atoms with Crippen molar-refractivity contribution >= 4 is 11.8 Å². The molecule has 1 aromatic heterocycles. The molecule has 0 fully saturated rings. The Hall–Kier alpha value is -3.38. The Kier molecular flexibility index (Phi) is 9.05. The van der Waals surface area contributed by atoms with Crippen molar-refractivity contribution in [2.24, 2.45) is 13.0 Å². The molecule has 0 bridgehead atoms. The number of benzene rings is 2. The summed E-state index contributed by atoms with van der Waals surface area (Å²) < 4.78 is 7.22. The molecule has 6 nitrogen and oxygen atoms in total. The van der Waals surface area contributed by atoms with E-state index < -0.39 is 0 Å². The number of rotatable bonds is 11. The van der Waals surface area contributed by atoms with E-state index in [2.05, 4.69) is 13.8 Å². The van der Waals surface area contributed by atoms with E-state index in [0.717, 1.165) is 16.8 Å². The summed E-state index contributed by atoms with van der Waals surface area (Å²) in [5.41, 5.74) is 3.77. The molecule has 6 heteroatoms. The van der Waals surface area contributed by atoms with Crippen LogP contribution < -0.4 is 0 Å². The van der Waals surface area contributed by atoms with Gasteiger partial charge < -0.3 is 19.1 Å². The minimum Gasteiger partial charge on any atom is -0.383 e. The van der Waals surface area contributed by atoms with Crippen molar-refractivity contribution in [2.75, 3.05) is 33.4 Å². The summed E-state index contributed by atoms with van der Waals surface area (Å²) in [5, 5.41) is 0. The van der Waals surface area contributed by atoms with Gasteiger partial charge in [0.25, 0.3) is 5.91 Å². The zero-order chi connectivity index (χ0) is 24.5. The second-order valence-corrected chi connectivity index (χ2v) is 8.94.